The molecule has 132 valence electrons. The third kappa shape index (κ3) is 4.97. The number of carbonyl (C=O) groups is 1. The molecule has 2 atom stereocenters. The van der Waals surface area contributed by atoms with Crippen molar-refractivity contribution in [2.75, 3.05) is 25.0 Å². The normalized spacial score (nSPS) is 18.7. The molecule has 1 aliphatic rings. The first-order chi connectivity index (χ1) is 12.1. The highest BCUT2D eigenvalue weighted by atomic mass is 35.5. The number of carbonyl (C=O) groups excluding carboxylic acids is 1. The van der Waals surface area contributed by atoms with Crippen molar-refractivity contribution in [3.05, 3.63) is 65.2 Å². The lowest BCUT2D eigenvalue weighted by atomic mass is 10.1. The topological polar surface area (TPSA) is 44.4 Å². The predicted octanol–water partition coefficient (Wildman–Crippen LogP) is 3.70. The van der Waals surface area contributed by atoms with Crippen molar-refractivity contribution < 1.29 is 4.79 Å². The monoisotopic (exact) mass is 357 g/mol. The third-order valence-corrected chi connectivity index (χ3v) is 4.88. The first-order valence-corrected chi connectivity index (χ1v) is 9.07. The van der Waals surface area contributed by atoms with Gasteiger partial charge in [0.1, 0.15) is 0 Å². The average Bonchev–Trinajstić information content (AvgIpc) is 3.02. The summed E-state index contributed by atoms with van der Waals surface area (Å²) in [4.78, 5) is 14.5. The molecular weight excluding hydrogens is 334 g/mol. The fourth-order valence-corrected chi connectivity index (χ4v) is 3.56. The van der Waals surface area contributed by atoms with E-state index in [4.69, 9.17) is 11.6 Å². The lowest BCUT2D eigenvalue weighted by molar-refractivity contribution is -0.122. The predicted molar refractivity (Wildman–Crippen MR) is 103 cm³/mol. The smallest absolute Gasteiger partial charge is 0.234 e. The Labute approximate surface area is 154 Å². The maximum absolute atomic E-state index is 12.3. The molecule has 0 bridgehead atoms. The second-order valence-corrected chi connectivity index (χ2v) is 6.95. The number of halogens is 1. The Balaban J connectivity index is 1.46. The summed E-state index contributed by atoms with van der Waals surface area (Å²) in [5.74, 6) is 0.0350. The van der Waals surface area contributed by atoms with Crippen LogP contribution in [0, 0.1) is 0 Å². The van der Waals surface area contributed by atoms with E-state index >= 15 is 0 Å². The van der Waals surface area contributed by atoms with Gasteiger partial charge in [-0.25, -0.2) is 0 Å². The Morgan fingerprint density at radius 3 is 2.68 bits per heavy atom. The minimum absolute atomic E-state index is 0.0350. The number of rotatable bonds is 6. The van der Waals surface area contributed by atoms with Crippen LogP contribution in [0.5, 0.6) is 0 Å². The van der Waals surface area contributed by atoms with E-state index < -0.39 is 0 Å². The minimum atomic E-state index is -0.0953. The van der Waals surface area contributed by atoms with Crippen LogP contribution >= 0.6 is 11.6 Å². The maximum Gasteiger partial charge on any atom is 0.234 e. The van der Waals surface area contributed by atoms with Gasteiger partial charge in [-0.1, -0.05) is 48.0 Å². The summed E-state index contributed by atoms with van der Waals surface area (Å²) in [7, 11) is 0. The van der Waals surface area contributed by atoms with Crippen molar-refractivity contribution in [1.29, 1.82) is 0 Å². The summed E-state index contributed by atoms with van der Waals surface area (Å²) < 4.78 is 0. The number of anilines is 1. The van der Waals surface area contributed by atoms with E-state index in [2.05, 4.69) is 27.7 Å². The summed E-state index contributed by atoms with van der Waals surface area (Å²) in [6.07, 6.45) is 1.04. The molecule has 25 heavy (non-hydrogen) atoms. The van der Waals surface area contributed by atoms with Gasteiger partial charge in [0, 0.05) is 29.8 Å². The molecular formula is C20H24ClN3O. The van der Waals surface area contributed by atoms with Crippen LogP contribution in [0.15, 0.2) is 54.6 Å². The Kier molecular flexibility index (Phi) is 5.95. The van der Waals surface area contributed by atoms with Gasteiger partial charge in [-0.05, 0) is 37.1 Å². The molecule has 0 unspecified atom stereocenters. The van der Waals surface area contributed by atoms with E-state index in [1.54, 1.807) is 0 Å². The molecule has 2 N–H and O–H groups in total. The number of hydrogen-bond donors (Lipinski definition) is 2. The molecule has 0 spiro atoms. The van der Waals surface area contributed by atoms with Gasteiger partial charge in [0.05, 0.1) is 12.6 Å². The summed E-state index contributed by atoms with van der Waals surface area (Å²) in [5.41, 5.74) is 2.08. The van der Waals surface area contributed by atoms with Crippen molar-refractivity contribution in [2.45, 2.75) is 25.4 Å². The quantitative estimate of drug-likeness (QED) is 0.828. The van der Waals surface area contributed by atoms with E-state index in [9.17, 15) is 4.79 Å². The number of amides is 1. The van der Waals surface area contributed by atoms with Crippen molar-refractivity contribution in [3.63, 3.8) is 0 Å². The van der Waals surface area contributed by atoms with Crippen LogP contribution in [0.25, 0.3) is 0 Å². The second-order valence-electron chi connectivity index (χ2n) is 6.54. The highest BCUT2D eigenvalue weighted by molar-refractivity contribution is 6.31. The van der Waals surface area contributed by atoms with Crippen LogP contribution in [0.1, 0.15) is 24.9 Å². The summed E-state index contributed by atoms with van der Waals surface area (Å²) in [6.45, 7) is 4.19. The van der Waals surface area contributed by atoms with Gasteiger partial charge in [0.15, 0.2) is 0 Å². The van der Waals surface area contributed by atoms with E-state index in [-0.39, 0.29) is 11.9 Å². The van der Waals surface area contributed by atoms with Crippen LogP contribution in [0.2, 0.25) is 5.02 Å². The van der Waals surface area contributed by atoms with Crippen LogP contribution < -0.4 is 10.6 Å². The highest BCUT2D eigenvalue weighted by Crippen LogP contribution is 2.22. The zero-order chi connectivity index (χ0) is 17.6. The third-order valence-electron chi connectivity index (χ3n) is 4.53. The van der Waals surface area contributed by atoms with E-state index in [1.807, 2.05) is 49.4 Å². The number of benzene rings is 2. The second kappa shape index (κ2) is 8.37. The zero-order valence-corrected chi connectivity index (χ0v) is 15.2. The molecule has 3 rings (SSSR count). The summed E-state index contributed by atoms with van der Waals surface area (Å²) in [5, 5.41) is 7.25. The van der Waals surface area contributed by atoms with Gasteiger partial charge in [-0.2, -0.15) is 0 Å². The molecule has 1 saturated heterocycles. The fourth-order valence-electron chi connectivity index (χ4n) is 3.26. The molecule has 4 nitrogen and oxygen atoms in total. The van der Waals surface area contributed by atoms with Crippen molar-refractivity contribution in [2.24, 2.45) is 0 Å². The molecule has 1 amide bonds. The van der Waals surface area contributed by atoms with E-state index in [1.165, 1.54) is 0 Å². The van der Waals surface area contributed by atoms with Crippen LogP contribution in [0.3, 0.4) is 0 Å². The molecule has 0 saturated carbocycles. The minimum Gasteiger partial charge on any atom is -0.381 e. The number of nitrogens with one attached hydrogen (secondary N) is 2. The van der Waals surface area contributed by atoms with Gasteiger partial charge in [-0.3, -0.25) is 9.69 Å². The van der Waals surface area contributed by atoms with E-state index in [0.717, 1.165) is 30.8 Å². The molecule has 0 radical (unpaired) electrons. The van der Waals surface area contributed by atoms with Gasteiger partial charge in [0.2, 0.25) is 5.91 Å². The maximum atomic E-state index is 12.3. The van der Waals surface area contributed by atoms with Crippen LogP contribution in [-0.2, 0) is 4.79 Å². The van der Waals surface area contributed by atoms with Crippen molar-refractivity contribution in [1.82, 2.24) is 10.2 Å². The van der Waals surface area contributed by atoms with Gasteiger partial charge >= 0.3 is 0 Å². The highest BCUT2D eigenvalue weighted by Gasteiger charge is 2.24. The van der Waals surface area contributed by atoms with Gasteiger partial charge < -0.3 is 10.6 Å². The molecule has 5 heteroatoms. The molecule has 0 aliphatic carbocycles. The number of hydrogen-bond acceptors (Lipinski definition) is 3. The molecule has 0 aromatic heterocycles. The van der Waals surface area contributed by atoms with Gasteiger partial charge in [-0.15, -0.1) is 0 Å². The SMILES string of the molecule is C[C@@H](NC(=O)CN1CC[C@@H](Nc2ccccc2)C1)c1ccccc1Cl. The molecule has 1 aliphatic heterocycles. The first kappa shape index (κ1) is 17.8. The molecule has 1 heterocycles. The first-order valence-electron chi connectivity index (χ1n) is 8.69. The van der Waals surface area contributed by atoms with Gasteiger partial charge in [0.25, 0.3) is 0 Å². The Morgan fingerprint density at radius 1 is 1.20 bits per heavy atom. The average molecular weight is 358 g/mol. The Hall–Kier alpha value is -2.04. The molecule has 2 aromatic rings. The number of para-hydroxylation sites is 1. The molecule has 1 fully saturated rings. The lowest BCUT2D eigenvalue weighted by Gasteiger charge is -2.20. The largest absolute Gasteiger partial charge is 0.381 e. The van der Waals surface area contributed by atoms with Crippen molar-refractivity contribution in [3.8, 4) is 0 Å². The Morgan fingerprint density at radius 2 is 1.92 bits per heavy atom. The lowest BCUT2D eigenvalue weighted by Crippen LogP contribution is -2.38. The van der Waals surface area contributed by atoms with E-state index in [0.29, 0.717) is 17.6 Å². The van der Waals surface area contributed by atoms with Crippen LogP contribution in [0.4, 0.5) is 5.69 Å². The standard InChI is InChI=1S/C20H24ClN3O/c1-15(18-9-5-6-10-19(18)21)22-20(25)14-24-12-11-17(13-24)23-16-7-3-2-4-8-16/h2-10,15,17,23H,11-14H2,1H3,(H,22,25)/t15-,17-/m1/s1. The fraction of sp³-hybridized carbons (Fsp3) is 0.350. The Bertz CT molecular complexity index is 707. The summed E-state index contributed by atoms with van der Waals surface area (Å²) in [6, 6.07) is 18.1. The van der Waals surface area contributed by atoms with Crippen molar-refractivity contribution >= 4 is 23.2 Å². The zero-order valence-electron chi connectivity index (χ0n) is 14.4. The van der Waals surface area contributed by atoms with Crippen LogP contribution in [-0.4, -0.2) is 36.5 Å². The summed E-state index contributed by atoms with van der Waals surface area (Å²) >= 11 is 6.20. The number of nitrogens with zero attached hydrogens (tertiary/aromatic N) is 1. The molecule has 2 aromatic carbocycles. The number of likely N-dealkylation sites (tertiary alicyclic amines) is 1.